The fourth-order valence-electron chi connectivity index (χ4n) is 3.79. The van der Waals surface area contributed by atoms with Crippen molar-refractivity contribution in [3.8, 4) is 5.69 Å². The third-order valence-electron chi connectivity index (χ3n) is 5.19. The van der Waals surface area contributed by atoms with E-state index in [1.165, 1.54) is 11.3 Å². The predicted molar refractivity (Wildman–Crippen MR) is 115 cm³/mol. The molecule has 1 saturated heterocycles. The second-order valence-corrected chi connectivity index (χ2v) is 8.31. The second-order valence-electron chi connectivity index (χ2n) is 7.36. The van der Waals surface area contributed by atoms with Crippen LogP contribution in [0.25, 0.3) is 5.69 Å². The number of thiophene rings is 1. The van der Waals surface area contributed by atoms with Crippen molar-refractivity contribution in [1.82, 2.24) is 14.7 Å². The highest BCUT2D eigenvalue weighted by atomic mass is 32.1. The molecule has 0 bridgehead atoms. The third kappa shape index (κ3) is 4.10. The molecule has 1 fully saturated rings. The van der Waals surface area contributed by atoms with E-state index in [-0.39, 0.29) is 11.8 Å². The number of aromatic nitrogens is 2. The fourth-order valence-corrected chi connectivity index (χ4v) is 4.47. The average molecular weight is 409 g/mol. The lowest BCUT2D eigenvalue weighted by molar-refractivity contribution is -0.121. The molecule has 1 N–H and O–H groups in total. The number of benzene rings is 1. The van der Waals surface area contributed by atoms with E-state index in [1.807, 2.05) is 66.4 Å². The molecular formula is C22H24N4O2S. The van der Waals surface area contributed by atoms with E-state index in [9.17, 15) is 9.59 Å². The number of carbonyl (C=O) groups is 2. The van der Waals surface area contributed by atoms with Gasteiger partial charge in [-0.05, 0) is 74.9 Å². The summed E-state index contributed by atoms with van der Waals surface area (Å²) < 4.78 is 1.88. The van der Waals surface area contributed by atoms with Gasteiger partial charge in [0.1, 0.15) is 6.04 Å². The molecule has 29 heavy (non-hydrogen) atoms. The third-order valence-corrected chi connectivity index (χ3v) is 6.05. The van der Waals surface area contributed by atoms with Gasteiger partial charge < -0.3 is 10.2 Å². The van der Waals surface area contributed by atoms with Gasteiger partial charge in [0.25, 0.3) is 5.91 Å². The van der Waals surface area contributed by atoms with Gasteiger partial charge in [0, 0.05) is 17.9 Å². The van der Waals surface area contributed by atoms with Crippen LogP contribution in [0.15, 0.2) is 47.8 Å². The maximum Gasteiger partial charge on any atom is 0.264 e. The average Bonchev–Trinajstić information content (AvgIpc) is 3.37. The molecule has 1 aliphatic heterocycles. The first-order valence-electron chi connectivity index (χ1n) is 9.82. The second kappa shape index (κ2) is 8.21. The van der Waals surface area contributed by atoms with Crippen molar-refractivity contribution in [2.24, 2.45) is 0 Å². The summed E-state index contributed by atoms with van der Waals surface area (Å²) in [6.45, 7) is 4.59. The van der Waals surface area contributed by atoms with Crippen LogP contribution in [0.5, 0.6) is 0 Å². The van der Waals surface area contributed by atoms with Gasteiger partial charge in [0.15, 0.2) is 0 Å². The Balaban J connectivity index is 1.47. The van der Waals surface area contributed by atoms with E-state index >= 15 is 0 Å². The van der Waals surface area contributed by atoms with Crippen molar-refractivity contribution in [3.63, 3.8) is 0 Å². The van der Waals surface area contributed by atoms with Gasteiger partial charge in [-0.2, -0.15) is 5.10 Å². The van der Waals surface area contributed by atoms with Crippen LogP contribution in [0.1, 0.15) is 40.3 Å². The van der Waals surface area contributed by atoms with E-state index in [1.54, 1.807) is 4.90 Å². The Morgan fingerprint density at radius 2 is 1.93 bits per heavy atom. The van der Waals surface area contributed by atoms with Crippen LogP contribution >= 0.6 is 11.3 Å². The SMILES string of the molecule is Cc1cc(C)n(-c2ccc(NC(=O)[C@H]3CCCCN3C(=O)c3cccs3)cc2)n1. The molecule has 0 radical (unpaired) electrons. The number of likely N-dealkylation sites (tertiary alicyclic amines) is 1. The highest BCUT2D eigenvalue weighted by Crippen LogP contribution is 2.23. The summed E-state index contributed by atoms with van der Waals surface area (Å²) in [5, 5.41) is 9.35. The van der Waals surface area contributed by atoms with E-state index in [2.05, 4.69) is 10.4 Å². The lowest BCUT2D eigenvalue weighted by Gasteiger charge is -2.34. The Bertz CT molecular complexity index is 1010. The zero-order valence-corrected chi connectivity index (χ0v) is 17.4. The van der Waals surface area contributed by atoms with Crippen molar-refractivity contribution in [1.29, 1.82) is 0 Å². The lowest BCUT2D eigenvalue weighted by Crippen LogP contribution is -2.49. The molecule has 1 aliphatic rings. The van der Waals surface area contributed by atoms with Crippen LogP contribution < -0.4 is 5.32 Å². The monoisotopic (exact) mass is 408 g/mol. The number of piperidine rings is 1. The quantitative estimate of drug-likeness (QED) is 0.704. The minimum atomic E-state index is -0.436. The number of carbonyl (C=O) groups excluding carboxylic acids is 2. The Morgan fingerprint density at radius 3 is 2.59 bits per heavy atom. The molecule has 3 aromatic rings. The van der Waals surface area contributed by atoms with E-state index in [0.29, 0.717) is 17.8 Å². The Kier molecular flexibility index (Phi) is 5.49. The number of rotatable bonds is 4. The summed E-state index contributed by atoms with van der Waals surface area (Å²) in [6, 6.07) is 12.9. The van der Waals surface area contributed by atoms with Crippen LogP contribution in [0.3, 0.4) is 0 Å². The molecular weight excluding hydrogens is 384 g/mol. The highest BCUT2D eigenvalue weighted by molar-refractivity contribution is 7.12. The van der Waals surface area contributed by atoms with Crippen LogP contribution in [0.2, 0.25) is 0 Å². The molecule has 2 amide bonds. The number of nitrogens with zero attached hydrogens (tertiary/aromatic N) is 3. The molecule has 0 saturated carbocycles. The summed E-state index contributed by atoms with van der Waals surface area (Å²) in [7, 11) is 0. The van der Waals surface area contributed by atoms with Crippen LogP contribution in [0, 0.1) is 13.8 Å². The molecule has 0 unspecified atom stereocenters. The van der Waals surface area contributed by atoms with Gasteiger partial charge in [-0.15, -0.1) is 11.3 Å². The van der Waals surface area contributed by atoms with Crippen molar-refractivity contribution >= 4 is 28.8 Å². The van der Waals surface area contributed by atoms with Gasteiger partial charge in [-0.3, -0.25) is 9.59 Å². The molecule has 3 heterocycles. The summed E-state index contributed by atoms with van der Waals surface area (Å²) in [4.78, 5) is 28.2. The molecule has 1 atom stereocenters. The summed E-state index contributed by atoms with van der Waals surface area (Å²) in [5.74, 6) is -0.187. The predicted octanol–water partition coefficient (Wildman–Crippen LogP) is 4.18. The van der Waals surface area contributed by atoms with Crippen molar-refractivity contribution < 1.29 is 9.59 Å². The largest absolute Gasteiger partial charge is 0.326 e. The number of hydrogen-bond acceptors (Lipinski definition) is 4. The minimum absolute atomic E-state index is 0.0558. The van der Waals surface area contributed by atoms with Crippen LogP contribution in [-0.4, -0.2) is 39.1 Å². The highest BCUT2D eigenvalue weighted by Gasteiger charge is 2.33. The zero-order valence-electron chi connectivity index (χ0n) is 16.6. The fraction of sp³-hybridized carbons (Fsp3) is 0.318. The molecule has 150 valence electrons. The van der Waals surface area contributed by atoms with Gasteiger partial charge in [0.05, 0.1) is 16.3 Å². The lowest BCUT2D eigenvalue weighted by atomic mass is 10.0. The first kappa shape index (κ1) is 19.4. The van der Waals surface area contributed by atoms with Gasteiger partial charge in [-0.1, -0.05) is 6.07 Å². The summed E-state index contributed by atoms with van der Waals surface area (Å²) in [5.41, 5.74) is 3.69. The molecule has 0 aliphatic carbocycles. The molecule has 4 rings (SSSR count). The molecule has 6 nitrogen and oxygen atoms in total. The van der Waals surface area contributed by atoms with E-state index in [4.69, 9.17) is 0 Å². The van der Waals surface area contributed by atoms with Crippen molar-refractivity contribution in [2.45, 2.75) is 39.2 Å². The zero-order chi connectivity index (χ0) is 20.4. The van der Waals surface area contributed by atoms with Gasteiger partial charge in [0.2, 0.25) is 5.91 Å². The van der Waals surface area contributed by atoms with E-state index < -0.39 is 6.04 Å². The smallest absolute Gasteiger partial charge is 0.264 e. The van der Waals surface area contributed by atoms with Gasteiger partial charge >= 0.3 is 0 Å². The number of anilines is 1. The number of amides is 2. The number of hydrogen-bond donors (Lipinski definition) is 1. The van der Waals surface area contributed by atoms with Crippen molar-refractivity contribution in [3.05, 3.63) is 64.1 Å². The maximum absolute atomic E-state index is 12.9. The Labute approximate surface area is 174 Å². The summed E-state index contributed by atoms with van der Waals surface area (Å²) in [6.07, 6.45) is 2.56. The number of nitrogens with one attached hydrogen (secondary N) is 1. The summed E-state index contributed by atoms with van der Waals surface area (Å²) >= 11 is 1.41. The minimum Gasteiger partial charge on any atom is -0.326 e. The Morgan fingerprint density at radius 1 is 1.14 bits per heavy atom. The van der Waals surface area contributed by atoms with Crippen molar-refractivity contribution in [2.75, 3.05) is 11.9 Å². The maximum atomic E-state index is 12.9. The molecule has 7 heteroatoms. The van der Waals surface area contributed by atoms with Gasteiger partial charge in [-0.25, -0.2) is 4.68 Å². The molecule has 1 aromatic carbocycles. The number of aryl methyl sites for hydroxylation is 2. The first-order valence-corrected chi connectivity index (χ1v) is 10.7. The molecule has 0 spiro atoms. The Hall–Kier alpha value is -2.93. The van der Waals surface area contributed by atoms with Crippen LogP contribution in [0.4, 0.5) is 5.69 Å². The normalized spacial score (nSPS) is 16.6. The standard InChI is InChI=1S/C22H24N4O2S/c1-15-14-16(2)26(24-15)18-10-8-17(9-11-18)23-21(27)19-6-3-4-12-25(19)22(28)20-7-5-13-29-20/h5,7-11,13-14,19H,3-4,6,12H2,1-2H3,(H,23,27)/t19-/m1/s1. The van der Waals surface area contributed by atoms with E-state index in [0.717, 1.165) is 35.6 Å². The van der Waals surface area contributed by atoms with Crippen LogP contribution in [-0.2, 0) is 4.79 Å². The first-order chi connectivity index (χ1) is 14.0. The molecule has 2 aromatic heterocycles. The topological polar surface area (TPSA) is 67.2 Å².